The SMILES string of the molecule is CCc1ccc(S(=O)(=O)NC2CCN(C3CC3)C2)cc1N. The van der Waals surface area contributed by atoms with Crippen molar-refractivity contribution in [2.24, 2.45) is 0 Å². The molecule has 3 rings (SSSR count). The van der Waals surface area contributed by atoms with Gasteiger partial charge in [-0.3, -0.25) is 4.90 Å². The summed E-state index contributed by atoms with van der Waals surface area (Å²) in [5.74, 6) is 0. The van der Waals surface area contributed by atoms with E-state index < -0.39 is 10.0 Å². The second kappa shape index (κ2) is 5.59. The minimum absolute atomic E-state index is 0.0164. The highest BCUT2D eigenvalue weighted by molar-refractivity contribution is 7.89. The Morgan fingerprint density at radius 2 is 2.10 bits per heavy atom. The van der Waals surface area contributed by atoms with E-state index in [1.165, 1.54) is 12.8 Å². The van der Waals surface area contributed by atoms with Gasteiger partial charge in [0, 0.05) is 30.9 Å². The second-order valence-corrected chi connectivity index (χ2v) is 7.76. The Hall–Kier alpha value is -1.11. The molecule has 1 aromatic carbocycles. The Balaban J connectivity index is 1.70. The van der Waals surface area contributed by atoms with E-state index in [1.54, 1.807) is 18.2 Å². The van der Waals surface area contributed by atoms with E-state index in [0.717, 1.165) is 31.5 Å². The number of anilines is 1. The van der Waals surface area contributed by atoms with Crippen molar-refractivity contribution in [2.75, 3.05) is 18.8 Å². The van der Waals surface area contributed by atoms with Crippen molar-refractivity contribution < 1.29 is 8.42 Å². The molecule has 0 spiro atoms. The standard InChI is InChI=1S/C15H23N3O2S/c1-2-11-3-6-14(9-15(11)16)21(19,20)17-12-7-8-18(10-12)13-4-5-13/h3,6,9,12-13,17H,2,4-5,7-8,10,16H2,1H3. The van der Waals surface area contributed by atoms with Gasteiger partial charge in [-0.05, 0) is 43.4 Å². The van der Waals surface area contributed by atoms with Crippen LogP contribution in [0.4, 0.5) is 5.69 Å². The molecule has 116 valence electrons. The minimum atomic E-state index is -3.48. The summed E-state index contributed by atoms with van der Waals surface area (Å²) in [4.78, 5) is 2.66. The summed E-state index contributed by atoms with van der Waals surface area (Å²) in [6.07, 6.45) is 4.21. The van der Waals surface area contributed by atoms with Crippen molar-refractivity contribution in [1.29, 1.82) is 0 Å². The third-order valence-corrected chi connectivity index (χ3v) is 5.93. The molecule has 2 aliphatic rings. The first kappa shape index (κ1) is 14.8. The molecule has 0 radical (unpaired) electrons. The van der Waals surface area contributed by atoms with E-state index in [4.69, 9.17) is 5.73 Å². The minimum Gasteiger partial charge on any atom is -0.398 e. The zero-order valence-electron chi connectivity index (χ0n) is 12.4. The molecule has 1 saturated heterocycles. The molecular weight excluding hydrogens is 286 g/mol. The quantitative estimate of drug-likeness (QED) is 0.805. The average Bonchev–Trinajstić information content (AvgIpc) is 3.19. The van der Waals surface area contributed by atoms with Crippen LogP contribution in [-0.2, 0) is 16.4 Å². The van der Waals surface area contributed by atoms with Crippen molar-refractivity contribution in [3.8, 4) is 0 Å². The van der Waals surface area contributed by atoms with Crippen LogP contribution in [0.3, 0.4) is 0 Å². The Kier molecular flexibility index (Phi) is 3.94. The lowest BCUT2D eigenvalue weighted by Gasteiger charge is -2.16. The summed E-state index contributed by atoms with van der Waals surface area (Å²) >= 11 is 0. The first-order valence-electron chi connectivity index (χ1n) is 7.64. The third-order valence-electron chi connectivity index (χ3n) is 4.41. The van der Waals surface area contributed by atoms with E-state index in [9.17, 15) is 8.42 Å². The molecule has 1 aliphatic heterocycles. The topological polar surface area (TPSA) is 75.4 Å². The summed E-state index contributed by atoms with van der Waals surface area (Å²) < 4.78 is 27.7. The molecule has 3 N–H and O–H groups in total. The van der Waals surface area contributed by atoms with E-state index in [0.29, 0.717) is 11.7 Å². The fourth-order valence-corrected chi connectivity index (χ4v) is 4.30. The summed E-state index contributed by atoms with van der Waals surface area (Å²) in [7, 11) is -3.48. The van der Waals surface area contributed by atoms with Gasteiger partial charge < -0.3 is 5.73 Å². The van der Waals surface area contributed by atoms with E-state index in [1.807, 2.05) is 6.92 Å². The van der Waals surface area contributed by atoms with Crippen LogP contribution in [0.25, 0.3) is 0 Å². The maximum atomic E-state index is 12.4. The number of nitrogen functional groups attached to an aromatic ring is 1. The number of nitrogens with two attached hydrogens (primary N) is 1. The van der Waals surface area contributed by atoms with Gasteiger partial charge in [-0.25, -0.2) is 13.1 Å². The Morgan fingerprint density at radius 3 is 2.71 bits per heavy atom. The van der Waals surface area contributed by atoms with Crippen LogP contribution < -0.4 is 10.5 Å². The summed E-state index contributed by atoms with van der Waals surface area (Å²) in [6, 6.07) is 5.72. The number of nitrogens with zero attached hydrogens (tertiary/aromatic N) is 1. The predicted octanol–water partition coefficient (Wildman–Crippen LogP) is 1.35. The number of aryl methyl sites for hydroxylation is 1. The number of sulfonamides is 1. The average molecular weight is 309 g/mol. The molecule has 5 nitrogen and oxygen atoms in total. The molecule has 1 unspecified atom stereocenters. The Bertz CT molecular complexity index is 626. The lowest BCUT2D eigenvalue weighted by atomic mass is 10.1. The first-order valence-corrected chi connectivity index (χ1v) is 9.12. The summed E-state index contributed by atoms with van der Waals surface area (Å²) in [5, 5.41) is 0. The lowest BCUT2D eigenvalue weighted by Crippen LogP contribution is -2.37. The molecule has 0 amide bonds. The normalized spacial score (nSPS) is 23.6. The molecule has 6 heteroatoms. The molecule has 21 heavy (non-hydrogen) atoms. The van der Waals surface area contributed by atoms with Crippen molar-refractivity contribution in [3.05, 3.63) is 23.8 Å². The van der Waals surface area contributed by atoms with E-state index in [-0.39, 0.29) is 10.9 Å². The van der Waals surface area contributed by atoms with Gasteiger partial charge in [0.25, 0.3) is 0 Å². The third kappa shape index (κ3) is 3.22. The second-order valence-electron chi connectivity index (χ2n) is 6.05. The highest BCUT2D eigenvalue weighted by atomic mass is 32.2. The number of nitrogens with one attached hydrogen (secondary N) is 1. The highest BCUT2D eigenvalue weighted by Crippen LogP contribution is 2.30. The zero-order valence-corrected chi connectivity index (χ0v) is 13.2. The largest absolute Gasteiger partial charge is 0.398 e. The van der Waals surface area contributed by atoms with E-state index >= 15 is 0 Å². The summed E-state index contributed by atoms with van der Waals surface area (Å²) in [5.41, 5.74) is 7.44. The predicted molar refractivity (Wildman–Crippen MR) is 83.6 cm³/mol. The molecule has 1 heterocycles. The van der Waals surface area contributed by atoms with Gasteiger partial charge in [-0.15, -0.1) is 0 Å². The fraction of sp³-hybridized carbons (Fsp3) is 0.600. The van der Waals surface area contributed by atoms with Crippen molar-refractivity contribution in [2.45, 2.75) is 49.6 Å². The van der Waals surface area contributed by atoms with Crippen molar-refractivity contribution in [1.82, 2.24) is 9.62 Å². The van der Waals surface area contributed by atoms with Gasteiger partial charge in [0.1, 0.15) is 0 Å². The maximum Gasteiger partial charge on any atom is 0.240 e. The molecular formula is C15H23N3O2S. The maximum absolute atomic E-state index is 12.4. The number of likely N-dealkylation sites (tertiary alicyclic amines) is 1. The van der Waals surface area contributed by atoms with Crippen LogP contribution >= 0.6 is 0 Å². The van der Waals surface area contributed by atoms with Crippen LogP contribution in [-0.4, -0.2) is 38.5 Å². The van der Waals surface area contributed by atoms with Gasteiger partial charge in [0.2, 0.25) is 10.0 Å². The monoisotopic (exact) mass is 309 g/mol. The first-order chi connectivity index (χ1) is 9.99. The summed E-state index contributed by atoms with van der Waals surface area (Å²) in [6.45, 7) is 3.82. The molecule has 1 aliphatic carbocycles. The van der Waals surface area contributed by atoms with Gasteiger partial charge in [-0.2, -0.15) is 0 Å². The molecule has 1 saturated carbocycles. The Labute approximate surface area is 126 Å². The van der Waals surface area contributed by atoms with Gasteiger partial charge in [-0.1, -0.05) is 13.0 Å². The zero-order chi connectivity index (χ0) is 15.0. The molecule has 1 aromatic rings. The molecule has 0 bridgehead atoms. The van der Waals surface area contributed by atoms with Gasteiger partial charge in [0.15, 0.2) is 0 Å². The van der Waals surface area contributed by atoms with Gasteiger partial charge >= 0.3 is 0 Å². The highest BCUT2D eigenvalue weighted by Gasteiger charge is 2.35. The van der Waals surface area contributed by atoms with Crippen LogP contribution in [0, 0.1) is 0 Å². The van der Waals surface area contributed by atoms with Gasteiger partial charge in [0.05, 0.1) is 4.90 Å². The van der Waals surface area contributed by atoms with E-state index in [2.05, 4.69) is 9.62 Å². The van der Waals surface area contributed by atoms with Crippen LogP contribution in [0.1, 0.15) is 31.7 Å². The number of rotatable bonds is 5. The molecule has 2 fully saturated rings. The molecule has 0 aromatic heterocycles. The van der Waals surface area contributed by atoms with Crippen molar-refractivity contribution >= 4 is 15.7 Å². The van der Waals surface area contributed by atoms with Crippen molar-refractivity contribution in [3.63, 3.8) is 0 Å². The van der Waals surface area contributed by atoms with Crippen LogP contribution in [0.2, 0.25) is 0 Å². The fourth-order valence-electron chi connectivity index (χ4n) is 3.00. The molecule has 1 atom stereocenters. The smallest absolute Gasteiger partial charge is 0.240 e. The number of hydrogen-bond donors (Lipinski definition) is 2. The lowest BCUT2D eigenvalue weighted by molar-refractivity contribution is 0.322. The number of benzene rings is 1. The van der Waals surface area contributed by atoms with Crippen LogP contribution in [0.15, 0.2) is 23.1 Å². The van der Waals surface area contributed by atoms with Crippen LogP contribution in [0.5, 0.6) is 0 Å². The number of hydrogen-bond acceptors (Lipinski definition) is 4. The Morgan fingerprint density at radius 1 is 1.33 bits per heavy atom.